The molecule has 0 spiro atoms. The van der Waals surface area contributed by atoms with Crippen molar-refractivity contribution in [2.75, 3.05) is 0 Å². The van der Waals surface area contributed by atoms with Gasteiger partial charge in [0.2, 0.25) is 5.82 Å². The van der Waals surface area contributed by atoms with Crippen LogP contribution in [0, 0.1) is 0 Å². The standard InChI is InChI=1S/C9H4BF6N2O.K/c11-9(12,13)8-17-7(18-19-8)5-1-3-6(4-2-5)10(14,15)16;/h1-4H;/q-1;+1. The Morgan fingerprint density at radius 3 is 1.95 bits per heavy atom. The maximum atomic E-state index is 12.3. The van der Waals surface area contributed by atoms with Gasteiger partial charge in [0, 0.05) is 5.56 Å². The number of halogens is 6. The van der Waals surface area contributed by atoms with Crippen LogP contribution in [0.3, 0.4) is 0 Å². The Kier molecular flexibility index (Phi) is 5.47. The molecule has 0 bridgehead atoms. The molecule has 0 saturated heterocycles. The zero-order valence-corrected chi connectivity index (χ0v) is 13.1. The molecular weight excluding hydrogens is 316 g/mol. The summed E-state index contributed by atoms with van der Waals surface area (Å²) in [6.07, 6.45) is -4.79. The van der Waals surface area contributed by atoms with Gasteiger partial charge in [-0.15, -0.1) is 5.46 Å². The first kappa shape index (κ1) is 17.7. The second-order valence-corrected chi connectivity index (χ2v) is 3.62. The van der Waals surface area contributed by atoms with Crippen molar-refractivity contribution in [1.82, 2.24) is 10.1 Å². The van der Waals surface area contributed by atoms with Crippen molar-refractivity contribution < 1.29 is 82.0 Å². The topological polar surface area (TPSA) is 38.9 Å². The van der Waals surface area contributed by atoms with Crippen molar-refractivity contribution in [2.24, 2.45) is 0 Å². The quantitative estimate of drug-likeness (QED) is 0.569. The normalized spacial score (nSPS) is 12.1. The number of aromatic nitrogens is 2. The molecule has 2 rings (SSSR count). The summed E-state index contributed by atoms with van der Waals surface area (Å²) in [7, 11) is 0. The molecule has 1 aromatic carbocycles. The van der Waals surface area contributed by atoms with E-state index in [-0.39, 0.29) is 56.9 Å². The molecule has 0 unspecified atom stereocenters. The zero-order chi connectivity index (χ0) is 14.3. The summed E-state index contributed by atoms with van der Waals surface area (Å²) in [5.74, 6) is -1.97. The molecule has 2 aromatic rings. The van der Waals surface area contributed by atoms with E-state index in [1.807, 2.05) is 0 Å². The molecule has 20 heavy (non-hydrogen) atoms. The largest absolute Gasteiger partial charge is 1.00 e. The van der Waals surface area contributed by atoms with Crippen LogP contribution in [-0.4, -0.2) is 17.1 Å². The number of hydrogen-bond acceptors (Lipinski definition) is 3. The van der Waals surface area contributed by atoms with Crippen LogP contribution in [0.15, 0.2) is 28.8 Å². The first-order valence-corrected chi connectivity index (χ1v) is 4.89. The SMILES string of the molecule is F[B-](F)(F)c1ccc(-c2noc(C(F)(F)F)n2)cc1.[K+]. The van der Waals surface area contributed by atoms with E-state index < -0.39 is 30.3 Å². The van der Waals surface area contributed by atoms with Gasteiger partial charge in [-0.3, -0.25) is 0 Å². The minimum absolute atomic E-state index is 0. The number of nitrogens with zero attached hydrogens (tertiary/aromatic N) is 2. The molecule has 0 fully saturated rings. The number of rotatable bonds is 2. The summed E-state index contributed by atoms with van der Waals surface area (Å²) >= 11 is 0. The fourth-order valence-corrected chi connectivity index (χ4v) is 1.31. The first-order valence-electron chi connectivity index (χ1n) is 4.89. The van der Waals surface area contributed by atoms with Gasteiger partial charge in [0.15, 0.2) is 0 Å². The molecule has 1 aromatic heterocycles. The van der Waals surface area contributed by atoms with Gasteiger partial charge in [-0.25, -0.2) is 0 Å². The first-order chi connectivity index (χ1) is 8.68. The van der Waals surface area contributed by atoms with Gasteiger partial charge in [0.05, 0.1) is 0 Å². The van der Waals surface area contributed by atoms with Gasteiger partial charge in [0.1, 0.15) is 0 Å². The predicted octanol–water partition coefficient (Wildman–Crippen LogP) is -0.186. The van der Waals surface area contributed by atoms with Crippen molar-refractivity contribution in [1.29, 1.82) is 0 Å². The van der Waals surface area contributed by atoms with Crippen LogP contribution in [-0.2, 0) is 6.18 Å². The van der Waals surface area contributed by atoms with Crippen LogP contribution in [0.5, 0.6) is 0 Å². The van der Waals surface area contributed by atoms with Crippen molar-refractivity contribution in [3.63, 3.8) is 0 Å². The maximum absolute atomic E-state index is 12.3. The van der Waals surface area contributed by atoms with Gasteiger partial charge in [0.25, 0.3) is 0 Å². The summed E-state index contributed by atoms with van der Waals surface area (Å²) in [5.41, 5.74) is -0.855. The smallest absolute Gasteiger partial charge is 0.445 e. The van der Waals surface area contributed by atoms with Gasteiger partial charge >= 0.3 is 70.4 Å². The monoisotopic (exact) mass is 320 g/mol. The Morgan fingerprint density at radius 2 is 1.55 bits per heavy atom. The van der Waals surface area contributed by atoms with Crippen LogP contribution < -0.4 is 56.8 Å². The molecule has 0 saturated carbocycles. The van der Waals surface area contributed by atoms with E-state index in [2.05, 4.69) is 14.7 Å². The third-order valence-corrected chi connectivity index (χ3v) is 2.22. The van der Waals surface area contributed by atoms with Crippen molar-refractivity contribution in [3.05, 3.63) is 30.2 Å². The van der Waals surface area contributed by atoms with Crippen LogP contribution in [0.2, 0.25) is 0 Å². The van der Waals surface area contributed by atoms with E-state index in [9.17, 15) is 26.1 Å². The van der Waals surface area contributed by atoms with E-state index in [1.54, 1.807) is 0 Å². The van der Waals surface area contributed by atoms with Crippen molar-refractivity contribution >= 4 is 12.4 Å². The van der Waals surface area contributed by atoms with Crippen LogP contribution >= 0.6 is 0 Å². The molecule has 0 amide bonds. The molecule has 3 nitrogen and oxygen atoms in total. The third kappa shape index (κ3) is 4.07. The van der Waals surface area contributed by atoms with Gasteiger partial charge < -0.3 is 17.5 Å². The summed E-state index contributed by atoms with van der Waals surface area (Å²) in [4.78, 5) is 3.06. The van der Waals surface area contributed by atoms with E-state index in [4.69, 9.17) is 0 Å². The van der Waals surface area contributed by atoms with Crippen molar-refractivity contribution in [3.8, 4) is 11.4 Å². The Bertz CT molecular complexity index is 579. The molecule has 0 aliphatic rings. The Hall–Kier alpha value is -0.359. The molecule has 102 valence electrons. The minimum Gasteiger partial charge on any atom is -0.445 e. The Morgan fingerprint density at radius 1 is 1.00 bits per heavy atom. The van der Waals surface area contributed by atoms with Gasteiger partial charge in [-0.1, -0.05) is 29.4 Å². The molecular formula is C9H4BF6KN2O. The predicted molar refractivity (Wildman–Crippen MR) is 53.4 cm³/mol. The third-order valence-electron chi connectivity index (χ3n) is 2.22. The molecule has 0 radical (unpaired) electrons. The van der Waals surface area contributed by atoms with E-state index in [0.29, 0.717) is 0 Å². The Balaban J connectivity index is 0.00000200. The fourth-order valence-electron chi connectivity index (χ4n) is 1.31. The molecule has 0 atom stereocenters. The zero-order valence-electron chi connectivity index (χ0n) is 9.96. The van der Waals surface area contributed by atoms with Crippen LogP contribution in [0.25, 0.3) is 11.4 Å². The second-order valence-electron chi connectivity index (χ2n) is 3.62. The summed E-state index contributed by atoms with van der Waals surface area (Å²) in [6, 6.07) is 3.46. The molecule has 11 heteroatoms. The fraction of sp³-hybridized carbons (Fsp3) is 0.111. The molecule has 0 aliphatic heterocycles. The Labute approximate surface area is 151 Å². The average Bonchev–Trinajstić information content (AvgIpc) is 2.77. The number of hydrogen-bond donors (Lipinski definition) is 0. The van der Waals surface area contributed by atoms with E-state index in [1.165, 1.54) is 0 Å². The number of alkyl halides is 3. The molecule has 0 aliphatic carbocycles. The maximum Gasteiger partial charge on any atom is 1.00 e. The van der Waals surface area contributed by atoms with Gasteiger partial charge in [-0.05, 0) is 0 Å². The van der Waals surface area contributed by atoms with Gasteiger partial charge in [-0.2, -0.15) is 18.2 Å². The summed E-state index contributed by atoms with van der Waals surface area (Å²) in [6.45, 7) is -5.15. The number of benzene rings is 1. The molecule has 1 heterocycles. The van der Waals surface area contributed by atoms with Crippen LogP contribution in [0.1, 0.15) is 5.89 Å². The summed E-state index contributed by atoms with van der Waals surface area (Å²) in [5, 5.41) is 3.06. The average molecular weight is 320 g/mol. The molecule has 0 N–H and O–H groups in total. The van der Waals surface area contributed by atoms with Crippen molar-refractivity contribution in [2.45, 2.75) is 6.18 Å². The summed E-state index contributed by atoms with van der Waals surface area (Å²) < 4.78 is 77.6. The minimum atomic E-state index is -5.15. The van der Waals surface area contributed by atoms with E-state index in [0.717, 1.165) is 24.3 Å². The second kappa shape index (κ2) is 6.18. The van der Waals surface area contributed by atoms with E-state index >= 15 is 0 Å². The van der Waals surface area contributed by atoms with Crippen LogP contribution in [0.4, 0.5) is 26.1 Å².